The Morgan fingerprint density at radius 3 is 2.72 bits per heavy atom. The zero-order valence-corrected chi connectivity index (χ0v) is 13.7. The maximum atomic E-state index is 11.8. The van der Waals surface area contributed by atoms with Crippen molar-refractivity contribution in [2.24, 2.45) is 0 Å². The molecular formula is C18H19N3O4. The molecular weight excluding hydrogens is 322 g/mol. The van der Waals surface area contributed by atoms with Crippen LogP contribution in [0.5, 0.6) is 5.75 Å². The lowest BCUT2D eigenvalue weighted by Gasteiger charge is -2.13. The lowest BCUT2D eigenvalue weighted by Crippen LogP contribution is -2.40. The molecule has 1 aliphatic heterocycles. The number of nitrogens with one attached hydrogen (secondary N) is 1. The van der Waals surface area contributed by atoms with Gasteiger partial charge >= 0.3 is 0 Å². The van der Waals surface area contributed by atoms with E-state index < -0.39 is 0 Å². The van der Waals surface area contributed by atoms with Crippen LogP contribution in [0, 0.1) is 0 Å². The molecule has 1 aromatic heterocycles. The van der Waals surface area contributed by atoms with Crippen molar-refractivity contribution in [3.63, 3.8) is 0 Å². The number of fused-ring (bicyclic) bond motifs is 1. The first kappa shape index (κ1) is 16.9. The molecule has 1 aliphatic rings. The minimum absolute atomic E-state index is 0.193. The highest BCUT2D eigenvalue weighted by Crippen LogP contribution is 2.22. The van der Waals surface area contributed by atoms with E-state index in [0.29, 0.717) is 25.3 Å². The van der Waals surface area contributed by atoms with Gasteiger partial charge in [0, 0.05) is 31.0 Å². The Balaban J connectivity index is 1.40. The van der Waals surface area contributed by atoms with E-state index in [9.17, 15) is 14.4 Å². The van der Waals surface area contributed by atoms with Crippen LogP contribution in [0.15, 0.2) is 36.5 Å². The molecule has 7 heteroatoms. The average Bonchev–Trinajstić information content (AvgIpc) is 2.93. The van der Waals surface area contributed by atoms with Gasteiger partial charge in [-0.3, -0.25) is 24.3 Å². The summed E-state index contributed by atoms with van der Waals surface area (Å²) in [5, 5.41) is 3.70. The number of imide groups is 1. The first-order chi connectivity index (χ1) is 12.1. The zero-order chi connectivity index (χ0) is 17.6. The predicted molar refractivity (Wildman–Crippen MR) is 90.8 cm³/mol. The third-order valence-electron chi connectivity index (χ3n) is 3.95. The largest absolute Gasteiger partial charge is 0.491 e. The van der Waals surface area contributed by atoms with Crippen molar-refractivity contribution < 1.29 is 19.1 Å². The molecule has 0 saturated carbocycles. The van der Waals surface area contributed by atoms with Crippen LogP contribution < -0.4 is 10.1 Å². The number of nitrogens with zero attached hydrogens (tertiary/aromatic N) is 2. The van der Waals surface area contributed by atoms with Crippen LogP contribution in [0.4, 0.5) is 0 Å². The molecule has 1 aromatic carbocycles. The highest BCUT2D eigenvalue weighted by molar-refractivity contribution is 6.04. The quantitative estimate of drug-likeness (QED) is 0.605. The molecule has 1 fully saturated rings. The number of para-hydroxylation sites is 1. The monoisotopic (exact) mass is 341 g/mol. The number of benzene rings is 1. The van der Waals surface area contributed by atoms with Crippen LogP contribution in [0.1, 0.15) is 19.3 Å². The third kappa shape index (κ3) is 4.12. The van der Waals surface area contributed by atoms with Crippen molar-refractivity contribution in [3.8, 4) is 5.75 Å². The minimum atomic E-state index is -0.338. The normalized spacial score (nSPS) is 14.2. The molecule has 3 rings (SSSR count). The fourth-order valence-corrected chi connectivity index (χ4v) is 2.67. The number of aromatic nitrogens is 1. The molecule has 0 bridgehead atoms. The molecule has 0 atom stereocenters. The number of hydrogen-bond donors (Lipinski definition) is 1. The second kappa shape index (κ2) is 7.74. The van der Waals surface area contributed by atoms with E-state index in [2.05, 4.69) is 10.3 Å². The molecule has 3 amide bonds. The summed E-state index contributed by atoms with van der Waals surface area (Å²) >= 11 is 0. The Labute approximate surface area is 145 Å². The third-order valence-corrected chi connectivity index (χ3v) is 3.95. The SMILES string of the molecule is O=C(CN1C(=O)CCC1=O)NCCCOc1cccc2cccnc12. The smallest absolute Gasteiger partial charge is 0.240 e. The van der Waals surface area contributed by atoms with E-state index in [0.717, 1.165) is 15.8 Å². The number of carbonyl (C=O) groups is 3. The van der Waals surface area contributed by atoms with Crippen LogP contribution in [0.2, 0.25) is 0 Å². The molecule has 1 N–H and O–H groups in total. The minimum Gasteiger partial charge on any atom is -0.491 e. The number of hydrogen-bond acceptors (Lipinski definition) is 5. The summed E-state index contributed by atoms with van der Waals surface area (Å²) < 4.78 is 5.74. The molecule has 0 unspecified atom stereocenters. The Morgan fingerprint density at radius 2 is 1.92 bits per heavy atom. The van der Waals surface area contributed by atoms with Crippen molar-refractivity contribution in [2.75, 3.05) is 19.7 Å². The molecule has 1 saturated heterocycles. The van der Waals surface area contributed by atoms with Gasteiger partial charge in [0.05, 0.1) is 6.61 Å². The zero-order valence-electron chi connectivity index (χ0n) is 13.7. The summed E-state index contributed by atoms with van der Waals surface area (Å²) in [7, 11) is 0. The fraction of sp³-hybridized carbons (Fsp3) is 0.333. The highest BCUT2D eigenvalue weighted by atomic mass is 16.5. The topological polar surface area (TPSA) is 88.6 Å². The Bertz CT molecular complexity index is 785. The molecule has 25 heavy (non-hydrogen) atoms. The number of amides is 3. The van der Waals surface area contributed by atoms with Crippen LogP contribution in [0.3, 0.4) is 0 Å². The number of rotatable bonds is 7. The summed E-state index contributed by atoms with van der Waals surface area (Å²) in [5.74, 6) is -0.202. The highest BCUT2D eigenvalue weighted by Gasteiger charge is 2.30. The molecule has 0 aliphatic carbocycles. The van der Waals surface area contributed by atoms with Gasteiger partial charge in [-0.05, 0) is 18.6 Å². The molecule has 7 nitrogen and oxygen atoms in total. The number of likely N-dealkylation sites (tertiary alicyclic amines) is 1. The van der Waals surface area contributed by atoms with E-state index in [4.69, 9.17) is 4.74 Å². The van der Waals surface area contributed by atoms with Gasteiger partial charge in [-0.15, -0.1) is 0 Å². The van der Waals surface area contributed by atoms with E-state index in [1.54, 1.807) is 6.20 Å². The second-order valence-corrected chi connectivity index (χ2v) is 5.76. The molecule has 2 heterocycles. The molecule has 130 valence electrons. The van der Waals surface area contributed by atoms with Crippen molar-refractivity contribution in [1.82, 2.24) is 15.2 Å². The maximum absolute atomic E-state index is 11.8. The van der Waals surface area contributed by atoms with E-state index in [1.807, 2.05) is 30.3 Å². The summed E-state index contributed by atoms with van der Waals surface area (Å²) in [6, 6.07) is 9.58. The predicted octanol–water partition coefficient (Wildman–Crippen LogP) is 1.27. The van der Waals surface area contributed by atoms with Gasteiger partial charge in [-0.25, -0.2) is 0 Å². The Morgan fingerprint density at radius 1 is 1.16 bits per heavy atom. The van der Waals surface area contributed by atoms with Crippen LogP contribution in [-0.2, 0) is 14.4 Å². The molecule has 2 aromatic rings. The van der Waals surface area contributed by atoms with Crippen molar-refractivity contribution in [2.45, 2.75) is 19.3 Å². The fourth-order valence-electron chi connectivity index (χ4n) is 2.67. The average molecular weight is 341 g/mol. The van der Waals surface area contributed by atoms with Gasteiger partial charge in [0.15, 0.2) is 0 Å². The Hall–Kier alpha value is -2.96. The van der Waals surface area contributed by atoms with Crippen molar-refractivity contribution in [3.05, 3.63) is 36.5 Å². The Kier molecular flexibility index (Phi) is 5.23. The number of ether oxygens (including phenoxy) is 1. The number of carbonyl (C=O) groups excluding carboxylic acids is 3. The van der Waals surface area contributed by atoms with Gasteiger partial charge < -0.3 is 10.1 Å². The number of pyridine rings is 1. The standard InChI is InChI=1S/C18H19N3O4/c22-15(12-21-16(23)7-8-17(21)24)19-10-3-11-25-14-6-1-4-13-5-2-9-20-18(13)14/h1-2,4-6,9H,3,7-8,10-12H2,(H,19,22). The summed E-state index contributed by atoms with van der Waals surface area (Å²) in [4.78, 5) is 40.0. The van der Waals surface area contributed by atoms with E-state index in [1.165, 1.54) is 0 Å². The van der Waals surface area contributed by atoms with E-state index in [-0.39, 0.29) is 37.1 Å². The van der Waals surface area contributed by atoms with Crippen LogP contribution in [0.25, 0.3) is 10.9 Å². The second-order valence-electron chi connectivity index (χ2n) is 5.76. The molecule has 0 spiro atoms. The summed E-state index contributed by atoms with van der Waals surface area (Å²) in [5.41, 5.74) is 0.806. The first-order valence-corrected chi connectivity index (χ1v) is 8.21. The van der Waals surface area contributed by atoms with Crippen molar-refractivity contribution in [1.29, 1.82) is 0 Å². The maximum Gasteiger partial charge on any atom is 0.240 e. The summed E-state index contributed by atoms with van der Waals surface area (Å²) in [6.45, 7) is 0.635. The first-order valence-electron chi connectivity index (χ1n) is 8.21. The van der Waals surface area contributed by atoms with Crippen LogP contribution >= 0.6 is 0 Å². The van der Waals surface area contributed by atoms with Crippen molar-refractivity contribution >= 4 is 28.6 Å². The lowest BCUT2D eigenvalue weighted by molar-refractivity contribution is -0.142. The van der Waals surface area contributed by atoms with Gasteiger partial charge in [-0.1, -0.05) is 18.2 Å². The van der Waals surface area contributed by atoms with Gasteiger partial charge in [0.1, 0.15) is 17.8 Å². The summed E-state index contributed by atoms with van der Waals surface area (Å²) in [6.07, 6.45) is 2.71. The van der Waals surface area contributed by atoms with Gasteiger partial charge in [-0.2, -0.15) is 0 Å². The molecule has 0 radical (unpaired) electrons. The van der Waals surface area contributed by atoms with E-state index >= 15 is 0 Å². The lowest BCUT2D eigenvalue weighted by atomic mass is 10.2. The van der Waals surface area contributed by atoms with Gasteiger partial charge in [0.25, 0.3) is 0 Å². The van der Waals surface area contributed by atoms with Gasteiger partial charge in [0.2, 0.25) is 17.7 Å². The van der Waals surface area contributed by atoms with Crippen LogP contribution in [-0.4, -0.2) is 47.3 Å².